The van der Waals surface area contributed by atoms with Crippen LogP contribution in [0.3, 0.4) is 0 Å². The monoisotopic (exact) mass is 563 g/mol. The van der Waals surface area contributed by atoms with E-state index in [1.165, 1.54) is 16.7 Å². The summed E-state index contributed by atoms with van der Waals surface area (Å²) >= 11 is 0. The van der Waals surface area contributed by atoms with Crippen LogP contribution in [0.2, 0.25) is 0 Å². The van der Waals surface area contributed by atoms with Gasteiger partial charge in [0.05, 0.1) is 0 Å². The molecule has 41 heavy (non-hydrogen) atoms. The molecule has 0 unspecified atom stereocenters. The molecule has 0 spiro atoms. The molecule has 0 bridgehead atoms. The highest BCUT2D eigenvalue weighted by molar-refractivity contribution is 5.98. The standard InChI is InChI=1S/C32H37NO8/c1-3-25(21-10-6-4-7-11-21)26(22-12-8-5-9-13-22)23-14-16-24(17-15-23)39-19-18-33(2)20-40-32-29(36)27(34)28(35)30(41-32)31(37)38/h4-17,27-30,32,34-36H,3,18-20H2,1-2H3,(H,37,38)/b26-25-/t27-,28-,29+,30-,32+/m0/s1. The zero-order valence-electron chi connectivity index (χ0n) is 23.2. The van der Waals surface area contributed by atoms with Crippen LogP contribution in [0, 0.1) is 0 Å². The predicted molar refractivity (Wildman–Crippen MR) is 154 cm³/mol. The molecule has 1 saturated heterocycles. The normalized spacial score (nSPS) is 23.2. The first-order valence-electron chi connectivity index (χ1n) is 13.6. The number of rotatable bonds is 12. The predicted octanol–water partition coefficient (Wildman–Crippen LogP) is 3.23. The van der Waals surface area contributed by atoms with Crippen molar-refractivity contribution in [3.05, 3.63) is 102 Å². The summed E-state index contributed by atoms with van der Waals surface area (Å²) < 4.78 is 16.5. The molecular formula is C32H37NO8. The molecule has 1 fully saturated rings. The Kier molecular flexibility index (Phi) is 10.6. The van der Waals surface area contributed by atoms with Crippen LogP contribution in [0.25, 0.3) is 11.1 Å². The highest BCUT2D eigenvalue weighted by Gasteiger charge is 2.47. The third-order valence-corrected chi connectivity index (χ3v) is 7.00. The van der Waals surface area contributed by atoms with Gasteiger partial charge < -0.3 is 34.6 Å². The molecule has 5 atom stereocenters. The maximum atomic E-state index is 11.3. The number of carbonyl (C=O) groups is 1. The molecule has 1 aliphatic rings. The molecule has 1 heterocycles. The number of nitrogens with zero attached hydrogens (tertiary/aromatic N) is 1. The van der Waals surface area contributed by atoms with E-state index in [4.69, 9.17) is 19.3 Å². The summed E-state index contributed by atoms with van der Waals surface area (Å²) in [6.45, 7) is 2.95. The van der Waals surface area contributed by atoms with Gasteiger partial charge in [-0.15, -0.1) is 0 Å². The lowest BCUT2D eigenvalue weighted by molar-refractivity contribution is -0.300. The zero-order valence-corrected chi connectivity index (χ0v) is 23.2. The highest BCUT2D eigenvalue weighted by atomic mass is 16.7. The number of allylic oxidation sites excluding steroid dienone is 1. The molecule has 218 valence electrons. The van der Waals surface area contributed by atoms with Crippen LogP contribution in [0.1, 0.15) is 30.0 Å². The Hall–Kier alpha value is -3.57. The lowest BCUT2D eigenvalue weighted by atomic mass is 9.88. The Balaban J connectivity index is 1.36. The molecule has 3 aromatic rings. The van der Waals surface area contributed by atoms with Gasteiger partial charge in [0.2, 0.25) is 0 Å². The molecule has 0 saturated carbocycles. The number of aliphatic carboxylic acids is 1. The maximum Gasteiger partial charge on any atom is 0.335 e. The molecule has 0 aromatic heterocycles. The number of benzene rings is 3. The lowest BCUT2D eigenvalue weighted by Gasteiger charge is -2.38. The van der Waals surface area contributed by atoms with Crippen LogP contribution in [-0.4, -0.2) is 88.9 Å². The number of carboxylic acids is 1. The van der Waals surface area contributed by atoms with Gasteiger partial charge in [-0.2, -0.15) is 0 Å². The van der Waals surface area contributed by atoms with Crippen molar-refractivity contribution in [3.8, 4) is 5.75 Å². The van der Waals surface area contributed by atoms with Crippen molar-refractivity contribution in [2.24, 2.45) is 0 Å². The van der Waals surface area contributed by atoms with Crippen LogP contribution in [-0.2, 0) is 14.3 Å². The average molecular weight is 564 g/mol. The van der Waals surface area contributed by atoms with E-state index in [1.54, 1.807) is 11.9 Å². The zero-order chi connectivity index (χ0) is 29.4. The van der Waals surface area contributed by atoms with Crippen LogP contribution >= 0.6 is 0 Å². The van der Waals surface area contributed by atoms with E-state index in [1.807, 2.05) is 36.4 Å². The van der Waals surface area contributed by atoms with Crippen molar-refractivity contribution >= 4 is 17.1 Å². The second-order valence-electron chi connectivity index (χ2n) is 9.92. The SMILES string of the molecule is CC/C(=C(\c1ccccc1)c1ccc(OCCN(C)CO[C@@H]2O[C@H](C(=O)O)[C@@H](O)[C@H](O)[C@H]2O)cc1)c1ccccc1. The molecular weight excluding hydrogens is 526 g/mol. The number of hydrogen-bond donors (Lipinski definition) is 4. The second kappa shape index (κ2) is 14.4. The summed E-state index contributed by atoms with van der Waals surface area (Å²) in [5.41, 5.74) is 5.86. The van der Waals surface area contributed by atoms with Crippen molar-refractivity contribution in [2.75, 3.05) is 26.9 Å². The average Bonchev–Trinajstić information content (AvgIpc) is 2.99. The Bertz CT molecular complexity index is 1280. The molecule has 4 rings (SSSR count). The Morgan fingerprint density at radius 2 is 1.41 bits per heavy atom. The molecule has 0 aliphatic carbocycles. The van der Waals surface area contributed by atoms with Crippen molar-refractivity contribution < 1.29 is 39.4 Å². The minimum absolute atomic E-state index is 0.0241. The number of aliphatic hydroxyl groups excluding tert-OH is 3. The fraction of sp³-hybridized carbons (Fsp3) is 0.344. The van der Waals surface area contributed by atoms with Gasteiger partial charge in [-0.25, -0.2) is 4.79 Å². The summed E-state index contributed by atoms with van der Waals surface area (Å²) in [6.07, 6.45) is -7.28. The third-order valence-electron chi connectivity index (χ3n) is 7.00. The minimum atomic E-state index is -1.76. The Morgan fingerprint density at radius 3 is 2.00 bits per heavy atom. The van der Waals surface area contributed by atoms with Gasteiger partial charge in [0.1, 0.15) is 37.4 Å². The van der Waals surface area contributed by atoms with E-state index in [9.17, 15) is 20.1 Å². The number of ether oxygens (including phenoxy) is 3. The number of carboxylic acid groups (broad SMARTS) is 1. The fourth-order valence-electron chi connectivity index (χ4n) is 4.78. The van der Waals surface area contributed by atoms with Gasteiger partial charge in [0.25, 0.3) is 0 Å². The molecule has 9 nitrogen and oxygen atoms in total. The van der Waals surface area contributed by atoms with Gasteiger partial charge in [-0.3, -0.25) is 4.90 Å². The van der Waals surface area contributed by atoms with Gasteiger partial charge in [0, 0.05) is 6.54 Å². The van der Waals surface area contributed by atoms with Gasteiger partial charge >= 0.3 is 5.97 Å². The summed E-state index contributed by atoms with van der Waals surface area (Å²) in [4.78, 5) is 13.0. The van der Waals surface area contributed by atoms with Crippen LogP contribution < -0.4 is 4.74 Å². The van der Waals surface area contributed by atoms with Crippen LogP contribution in [0.5, 0.6) is 5.75 Å². The van der Waals surface area contributed by atoms with Crippen molar-refractivity contribution in [2.45, 2.75) is 44.1 Å². The minimum Gasteiger partial charge on any atom is -0.492 e. The first-order valence-corrected chi connectivity index (χ1v) is 13.6. The van der Waals surface area contributed by atoms with E-state index in [-0.39, 0.29) is 6.73 Å². The molecule has 3 aromatic carbocycles. The van der Waals surface area contributed by atoms with Gasteiger partial charge in [0.15, 0.2) is 12.4 Å². The molecule has 9 heteroatoms. The van der Waals surface area contributed by atoms with Crippen molar-refractivity contribution in [1.82, 2.24) is 4.90 Å². The van der Waals surface area contributed by atoms with Crippen molar-refractivity contribution in [1.29, 1.82) is 0 Å². The third kappa shape index (κ3) is 7.59. The number of likely N-dealkylation sites (N-methyl/N-ethyl adjacent to an activating group) is 1. The van der Waals surface area contributed by atoms with Crippen LogP contribution in [0.4, 0.5) is 0 Å². The summed E-state index contributed by atoms with van der Waals surface area (Å²) in [6, 6.07) is 28.7. The summed E-state index contributed by atoms with van der Waals surface area (Å²) in [5.74, 6) is -0.747. The molecule has 1 aliphatic heterocycles. The lowest BCUT2D eigenvalue weighted by Crippen LogP contribution is -2.60. The summed E-state index contributed by atoms with van der Waals surface area (Å²) in [5, 5.41) is 39.0. The van der Waals surface area contributed by atoms with Crippen molar-refractivity contribution in [3.63, 3.8) is 0 Å². The number of aliphatic hydroxyl groups is 3. The molecule has 4 N–H and O–H groups in total. The smallest absolute Gasteiger partial charge is 0.335 e. The highest BCUT2D eigenvalue weighted by Crippen LogP contribution is 2.35. The van der Waals surface area contributed by atoms with Crippen LogP contribution in [0.15, 0.2) is 84.9 Å². The van der Waals surface area contributed by atoms with E-state index in [2.05, 4.69) is 55.5 Å². The largest absolute Gasteiger partial charge is 0.492 e. The van der Waals surface area contributed by atoms with E-state index >= 15 is 0 Å². The van der Waals surface area contributed by atoms with E-state index in [0.717, 1.165) is 17.5 Å². The molecule has 0 amide bonds. The maximum absolute atomic E-state index is 11.3. The topological polar surface area (TPSA) is 129 Å². The first-order chi connectivity index (χ1) is 19.8. The Morgan fingerprint density at radius 1 is 0.829 bits per heavy atom. The van der Waals surface area contributed by atoms with Gasteiger partial charge in [-0.05, 0) is 53.4 Å². The van der Waals surface area contributed by atoms with E-state index < -0.39 is 36.7 Å². The summed E-state index contributed by atoms with van der Waals surface area (Å²) in [7, 11) is 1.76. The fourth-order valence-corrected chi connectivity index (χ4v) is 4.78. The van der Waals surface area contributed by atoms with Gasteiger partial charge in [-0.1, -0.05) is 79.7 Å². The Labute approximate surface area is 239 Å². The first kappa shape index (κ1) is 30.4. The quantitative estimate of drug-likeness (QED) is 0.194. The van der Waals surface area contributed by atoms with E-state index in [0.29, 0.717) is 18.9 Å². The second-order valence-corrected chi connectivity index (χ2v) is 9.92. The number of hydrogen-bond acceptors (Lipinski definition) is 8. The molecule has 0 radical (unpaired) electrons.